The zero-order chi connectivity index (χ0) is 19.5. The highest BCUT2D eigenvalue weighted by Crippen LogP contribution is 2.31. The highest BCUT2D eigenvalue weighted by molar-refractivity contribution is 7.17. The average molecular weight is 394 g/mol. The lowest BCUT2D eigenvalue weighted by Crippen LogP contribution is -2.26. The number of methoxy groups -OCH3 is 1. The van der Waals surface area contributed by atoms with E-state index >= 15 is 0 Å². The molecule has 0 atom stereocenters. The Morgan fingerprint density at radius 2 is 1.86 bits per heavy atom. The molecular weight excluding hydrogens is 375 g/mol. The molecule has 2 heterocycles. The molecule has 0 fully saturated rings. The molecule has 0 spiro atoms. The van der Waals surface area contributed by atoms with Gasteiger partial charge in [0.1, 0.15) is 23.1 Å². The van der Waals surface area contributed by atoms with Gasteiger partial charge in [0.25, 0.3) is 5.56 Å². The van der Waals surface area contributed by atoms with Gasteiger partial charge in [-0.05, 0) is 23.3 Å². The van der Waals surface area contributed by atoms with Crippen molar-refractivity contribution in [3.05, 3.63) is 81.7 Å². The van der Waals surface area contributed by atoms with Gasteiger partial charge >= 0.3 is 0 Å². The van der Waals surface area contributed by atoms with Gasteiger partial charge in [-0.1, -0.05) is 42.5 Å². The summed E-state index contributed by atoms with van der Waals surface area (Å²) in [7, 11) is 1.62. The van der Waals surface area contributed by atoms with Crippen LogP contribution >= 0.6 is 11.3 Å². The Labute approximate surface area is 165 Å². The maximum atomic E-state index is 13.2. The fourth-order valence-corrected chi connectivity index (χ4v) is 4.23. The highest BCUT2D eigenvalue weighted by atomic mass is 32.1. The number of benzene rings is 2. The van der Waals surface area contributed by atoms with E-state index in [9.17, 15) is 9.18 Å². The molecule has 6 heteroatoms. The molecule has 4 aromatic rings. The first-order valence-electron chi connectivity index (χ1n) is 8.96. The van der Waals surface area contributed by atoms with E-state index in [-0.39, 0.29) is 12.1 Å². The Hall–Kier alpha value is -2.99. The third-order valence-electron chi connectivity index (χ3n) is 4.69. The van der Waals surface area contributed by atoms with Gasteiger partial charge in [-0.2, -0.15) is 0 Å². The number of aromatic nitrogens is 2. The number of halogens is 1. The first kappa shape index (κ1) is 18.4. The molecule has 0 aliphatic heterocycles. The predicted molar refractivity (Wildman–Crippen MR) is 111 cm³/mol. The van der Waals surface area contributed by atoms with Gasteiger partial charge in [0.2, 0.25) is 0 Å². The zero-order valence-electron chi connectivity index (χ0n) is 15.4. The van der Waals surface area contributed by atoms with Gasteiger partial charge in [0, 0.05) is 17.4 Å². The third kappa shape index (κ3) is 3.43. The largest absolute Gasteiger partial charge is 0.497 e. The summed E-state index contributed by atoms with van der Waals surface area (Å²) in [6.45, 7) is -0.620. The minimum Gasteiger partial charge on any atom is -0.497 e. The van der Waals surface area contributed by atoms with Crippen LogP contribution in [-0.4, -0.2) is 23.3 Å². The Bertz CT molecular complexity index is 1150. The number of fused-ring (bicyclic) bond motifs is 1. The fraction of sp³-hybridized carbons (Fsp3) is 0.182. The van der Waals surface area contributed by atoms with Gasteiger partial charge in [0.15, 0.2) is 0 Å². The quantitative estimate of drug-likeness (QED) is 0.476. The van der Waals surface area contributed by atoms with Gasteiger partial charge < -0.3 is 4.74 Å². The molecule has 2 aromatic heterocycles. The number of ether oxygens (including phenoxy) is 1. The molecule has 0 aliphatic rings. The molecule has 4 rings (SSSR count). The average Bonchev–Trinajstić information content (AvgIpc) is 3.16. The van der Waals surface area contributed by atoms with Crippen LogP contribution in [0.5, 0.6) is 5.75 Å². The summed E-state index contributed by atoms with van der Waals surface area (Å²) in [4.78, 5) is 18.6. The van der Waals surface area contributed by atoms with Crippen molar-refractivity contribution in [2.45, 2.75) is 13.0 Å². The molecule has 0 saturated carbocycles. The Morgan fingerprint density at radius 1 is 1.11 bits per heavy atom. The standard InChI is InChI=1S/C22H19FN2O2S/c1-27-17-9-7-15(8-10-17)13-19-24-21-20(22(26)25(19)12-11-23)18(14-28-21)16-5-3-2-4-6-16/h2-10,14H,11-13H2,1H3. The smallest absolute Gasteiger partial charge is 0.262 e. The number of rotatable bonds is 6. The predicted octanol–water partition coefficient (Wildman–Crippen LogP) is 4.69. The fourth-order valence-electron chi connectivity index (χ4n) is 3.27. The third-order valence-corrected chi connectivity index (χ3v) is 5.56. The number of hydrogen-bond donors (Lipinski definition) is 0. The molecule has 0 unspecified atom stereocenters. The van der Waals surface area contributed by atoms with E-state index in [0.717, 1.165) is 22.4 Å². The van der Waals surface area contributed by atoms with E-state index in [1.165, 1.54) is 15.9 Å². The molecule has 28 heavy (non-hydrogen) atoms. The number of nitrogens with zero attached hydrogens (tertiary/aromatic N) is 2. The van der Waals surface area contributed by atoms with Crippen LogP contribution in [0.25, 0.3) is 21.3 Å². The summed E-state index contributed by atoms with van der Waals surface area (Å²) in [5.74, 6) is 1.33. The Morgan fingerprint density at radius 3 is 2.54 bits per heavy atom. The topological polar surface area (TPSA) is 44.1 Å². The van der Waals surface area contributed by atoms with Gasteiger partial charge in [-0.25, -0.2) is 9.37 Å². The van der Waals surface area contributed by atoms with E-state index in [2.05, 4.69) is 0 Å². The van der Waals surface area contributed by atoms with Crippen molar-refractivity contribution < 1.29 is 9.13 Å². The molecular formula is C22H19FN2O2S. The lowest BCUT2D eigenvalue weighted by molar-refractivity contribution is 0.414. The molecule has 2 aromatic carbocycles. The van der Waals surface area contributed by atoms with E-state index < -0.39 is 6.67 Å². The van der Waals surface area contributed by atoms with Crippen molar-refractivity contribution in [1.82, 2.24) is 9.55 Å². The maximum Gasteiger partial charge on any atom is 0.262 e. The monoisotopic (exact) mass is 394 g/mol. The van der Waals surface area contributed by atoms with Crippen LogP contribution in [0.15, 0.2) is 64.8 Å². The van der Waals surface area contributed by atoms with Crippen molar-refractivity contribution in [1.29, 1.82) is 0 Å². The second-order valence-corrected chi connectivity index (χ2v) is 7.25. The molecule has 0 saturated heterocycles. The summed E-state index contributed by atoms with van der Waals surface area (Å²) in [6, 6.07) is 17.3. The summed E-state index contributed by atoms with van der Waals surface area (Å²) in [5.41, 5.74) is 2.61. The maximum absolute atomic E-state index is 13.2. The van der Waals surface area contributed by atoms with E-state index in [4.69, 9.17) is 9.72 Å². The second-order valence-electron chi connectivity index (χ2n) is 6.39. The number of thiophene rings is 1. The lowest BCUT2D eigenvalue weighted by atomic mass is 10.1. The van der Waals surface area contributed by atoms with Crippen LogP contribution in [0.3, 0.4) is 0 Å². The molecule has 0 N–H and O–H groups in total. The molecule has 0 aliphatic carbocycles. The first-order chi connectivity index (χ1) is 13.7. The van der Waals surface area contributed by atoms with Crippen molar-refractivity contribution in [3.63, 3.8) is 0 Å². The van der Waals surface area contributed by atoms with E-state index in [1.807, 2.05) is 60.0 Å². The van der Waals surface area contributed by atoms with Gasteiger partial charge in [-0.15, -0.1) is 11.3 Å². The Kier molecular flexibility index (Phi) is 5.21. The van der Waals surface area contributed by atoms with Crippen LogP contribution in [0.1, 0.15) is 11.4 Å². The molecule has 142 valence electrons. The minimum absolute atomic E-state index is 0.00264. The summed E-state index contributed by atoms with van der Waals surface area (Å²) < 4.78 is 19.9. The molecule has 0 radical (unpaired) electrons. The Balaban J connectivity index is 1.83. The zero-order valence-corrected chi connectivity index (χ0v) is 16.2. The lowest BCUT2D eigenvalue weighted by Gasteiger charge is -2.12. The summed E-state index contributed by atoms with van der Waals surface area (Å²) >= 11 is 1.44. The summed E-state index contributed by atoms with van der Waals surface area (Å²) in [5, 5.41) is 2.51. The normalized spacial score (nSPS) is 11.1. The van der Waals surface area contributed by atoms with Crippen molar-refractivity contribution in [2.24, 2.45) is 0 Å². The minimum atomic E-state index is -0.618. The van der Waals surface area contributed by atoms with Crippen LogP contribution < -0.4 is 10.3 Å². The molecule has 0 bridgehead atoms. The summed E-state index contributed by atoms with van der Waals surface area (Å²) in [6.07, 6.45) is 0.452. The molecule has 0 amide bonds. The first-order valence-corrected chi connectivity index (χ1v) is 9.84. The number of alkyl halides is 1. The van der Waals surface area contributed by atoms with Crippen molar-refractivity contribution in [3.8, 4) is 16.9 Å². The van der Waals surface area contributed by atoms with Crippen LogP contribution in [0.2, 0.25) is 0 Å². The van der Waals surface area contributed by atoms with Crippen molar-refractivity contribution >= 4 is 21.6 Å². The molecule has 4 nitrogen and oxygen atoms in total. The van der Waals surface area contributed by atoms with Crippen LogP contribution in [-0.2, 0) is 13.0 Å². The van der Waals surface area contributed by atoms with E-state index in [1.54, 1.807) is 7.11 Å². The van der Waals surface area contributed by atoms with Crippen LogP contribution in [0, 0.1) is 0 Å². The van der Waals surface area contributed by atoms with E-state index in [0.29, 0.717) is 22.5 Å². The number of hydrogen-bond acceptors (Lipinski definition) is 4. The highest BCUT2D eigenvalue weighted by Gasteiger charge is 2.17. The SMILES string of the molecule is COc1ccc(Cc2nc3scc(-c4ccccc4)c3c(=O)n2CCF)cc1. The van der Waals surface area contributed by atoms with Gasteiger partial charge in [0.05, 0.1) is 19.0 Å². The van der Waals surface area contributed by atoms with Crippen LogP contribution in [0.4, 0.5) is 4.39 Å². The van der Waals surface area contributed by atoms with Gasteiger partial charge in [-0.3, -0.25) is 9.36 Å². The van der Waals surface area contributed by atoms with Crippen molar-refractivity contribution in [2.75, 3.05) is 13.8 Å². The second kappa shape index (κ2) is 7.94.